The summed E-state index contributed by atoms with van der Waals surface area (Å²) in [5.74, 6) is -0.486. The molecular weight excluding hydrogens is 360 g/mol. The number of nitrogens with one attached hydrogen (secondary N) is 1. The quantitative estimate of drug-likeness (QED) is 0.707. The molecule has 2 aromatic carbocycles. The van der Waals surface area contributed by atoms with Crippen LogP contribution in [0.4, 0.5) is 5.69 Å². The summed E-state index contributed by atoms with van der Waals surface area (Å²) in [6.45, 7) is 2.70. The van der Waals surface area contributed by atoms with Crippen molar-refractivity contribution < 1.29 is 9.59 Å². The molecule has 0 bridgehead atoms. The minimum absolute atomic E-state index is 0.211. The summed E-state index contributed by atoms with van der Waals surface area (Å²) in [5.41, 5.74) is 2.78. The van der Waals surface area contributed by atoms with Crippen LogP contribution in [0.15, 0.2) is 59.8 Å². The molecule has 1 unspecified atom stereocenters. The molecule has 1 atom stereocenters. The fourth-order valence-electron chi connectivity index (χ4n) is 3.30. The fraction of sp³-hybridized carbons (Fsp3) is 0.250. The van der Waals surface area contributed by atoms with Crippen molar-refractivity contribution in [1.29, 1.82) is 0 Å². The number of imidazole rings is 1. The van der Waals surface area contributed by atoms with Crippen molar-refractivity contribution in [3.63, 3.8) is 0 Å². The highest BCUT2D eigenvalue weighted by molar-refractivity contribution is 8.02. The van der Waals surface area contributed by atoms with E-state index in [0.29, 0.717) is 13.1 Å². The highest BCUT2D eigenvalue weighted by atomic mass is 32.2. The first-order valence-electron chi connectivity index (χ1n) is 8.75. The maximum Gasteiger partial charge on any atom is 0.252 e. The zero-order chi connectivity index (χ0) is 19.0. The van der Waals surface area contributed by atoms with Gasteiger partial charge >= 0.3 is 0 Å². The van der Waals surface area contributed by atoms with Crippen LogP contribution in [-0.4, -0.2) is 39.7 Å². The number of thioether (sulfide) groups is 1. The van der Waals surface area contributed by atoms with Crippen LogP contribution < -0.4 is 10.2 Å². The summed E-state index contributed by atoms with van der Waals surface area (Å²) >= 11 is 1.31. The summed E-state index contributed by atoms with van der Waals surface area (Å²) in [6.07, 6.45) is 1.77. The van der Waals surface area contributed by atoms with Crippen molar-refractivity contribution in [3.05, 3.63) is 54.9 Å². The number of anilines is 1. The number of para-hydroxylation sites is 3. The van der Waals surface area contributed by atoms with E-state index >= 15 is 0 Å². The molecule has 0 fully saturated rings. The number of aromatic nitrogens is 2. The van der Waals surface area contributed by atoms with Crippen molar-refractivity contribution in [3.8, 4) is 0 Å². The molecule has 2 heterocycles. The lowest BCUT2D eigenvalue weighted by atomic mass is 10.1. The maximum absolute atomic E-state index is 12.9. The third-order valence-corrected chi connectivity index (χ3v) is 6.19. The third-order valence-electron chi connectivity index (χ3n) is 4.85. The van der Waals surface area contributed by atoms with Gasteiger partial charge < -0.3 is 14.8 Å². The first-order valence-corrected chi connectivity index (χ1v) is 9.57. The molecule has 1 aliphatic rings. The number of amides is 2. The first kappa shape index (κ1) is 17.6. The summed E-state index contributed by atoms with van der Waals surface area (Å²) in [7, 11) is 1.71. The van der Waals surface area contributed by atoms with E-state index in [4.69, 9.17) is 0 Å². The molecule has 1 N–H and O–H groups in total. The van der Waals surface area contributed by atoms with Gasteiger partial charge in [0.2, 0.25) is 5.91 Å². The van der Waals surface area contributed by atoms with E-state index in [1.54, 1.807) is 25.2 Å². The highest BCUT2D eigenvalue weighted by Crippen LogP contribution is 2.44. The molecule has 4 rings (SSSR count). The standard InChI is InChI=1S/C20H20N4O2S/c1-20(19(26)23(2)16-9-5-6-10-17(16)27-20)18(25)21-11-12-24-13-22-14-7-3-4-8-15(14)24/h3-10,13H,11-12H2,1-2H3,(H,21,25). The van der Waals surface area contributed by atoms with Gasteiger partial charge in [-0.3, -0.25) is 9.59 Å². The van der Waals surface area contributed by atoms with Crippen LogP contribution >= 0.6 is 11.8 Å². The van der Waals surface area contributed by atoms with Crippen molar-refractivity contribution in [2.75, 3.05) is 18.5 Å². The Morgan fingerprint density at radius 3 is 2.78 bits per heavy atom. The second-order valence-electron chi connectivity index (χ2n) is 6.65. The Morgan fingerprint density at radius 1 is 1.19 bits per heavy atom. The molecule has 0 saturated carbocycles. The molecule has 7 heteroatoms. The van der Waals surface area contributed by atoms with Crippen molar-refractivity contribution >= 4 is 40.3 Å². The van der Waals surface area contributed by atoms with Gasteiger partial charge in [-0.15, -0.1) is 0 Å². The number of carbonyl (C=O) groups excluding carboxylic acids is 2. The Balaban J connectivity index is 1.47. The topological polar surface area (TPSA) is 67.2 Å². The fourth-order valence-corrected chi connectivity index (χ4v) is 4.59. The first-order chi connectivity index (χ1) is 13.0. The lowest BCUT2D eigenvalue weighted by molar-refractivity contribution is -0.131. The summed E-state index contributed by atoms with van der Waals surface area (Å²) in [5, 5.41) is 2.92. The van der Waals surface area contributed by atoms with E-state index in [9.17, 15) is 9.59 Å². The average molecular weight is 380 g/mol. The van der Waals surface area contributed by atoms with Crippen LogP contribution in [0.5, 0.6) is 0 Å². The number of fused-ring (bicyclic) bond motifs is 2. The Labute approximate surface area is 161 Å². The van der Waals surface area contributed by atoms with Gasteiger partial charge in [-0.2, -0.15) is 0 Å². The Bertz CT molecular complexity index is 1030. The zero-order valence-corrected chi connectivity index (χ0v) is 16.0. The number of benzene rings is 2. The van der Waals surface area contributed by atoms with Crippen molar-refractivity contribution in [2.24, 2.45) is 0 Å². The van der Waals surface area contributed by atoms with Gasteiger partial charge in [0.1, 0.15) is 0 Å². The molecule has 0 saturated heterocycles. The van der Waals surface area contributed by atoms with E-state index in [1.807, 2.05) is 53.1 Å². The molecule has 1 aliphatic heterocycles. The van der Waals surface area contributed by atoms with E-state index < -0.39 is 4.75 Å². The van der Waals surface area contributed by atoms with Gasteiger partial charge in [0.05, 0.1) is 23.0 Å². The van der Waals surface area contributed by atoms with Crippen LogP contribution in [0.25, 0.3) is 11.0 Å². The summed E-state index contributed by atoms with van der Waals surface area (Å²) in [6, 6.07) is 15.5. The number of hydrogen-bond acceptors (Lipinski definition) is 4. The monoisotopic (exact) mass is 380 g/mol. The van der Waals surface area contributed by atoms with Gasteiger partial charge in [-0.05, 0) is 31.2 Å². The molecule has 0 aliphatic carbocycles. The minimum atomic E-state index is -1.18. The summed E-state index contributed by atoms with van der Waals surface area (Å²) < 4.78 is 0.815. The Morgan fingerprint density at radius 2 is 1.93 bits per heavy atom. The zero-order valence-electron chi connectivity index (χ0n) is 15.2. The van der Waals surface area contributed by atoms with Crippen molar-refractivity contribution in [1.82, 2.24) is 14.9 Å². The predicted octanol–water partition coefficient (Wildman–Crippen LogP) is 2.68. The molecule has 6 nitrogen and oxygen atoms in total. The van der Waals surface area contributed by atoms with E-state index in [2.05, 4.69) is 10.3 Å². The molecule has 0 spiro atoms. The molecule has 27 heavy (non-hydrogen) atoms. The Kier molecular flexibility index (Phi) is 4.39. The Hall–Kier alpha value is -2.80. The van der Waals surface area contributed by atoms with Crippen molar-refractivity contribution in [2.45, 2.75) is 23.1 Å². The SMILES string of the molecule is CN1C(=O)C(C)(C(=O)NCCn2cnc3ccccc32)Sc2ccccc21. The normalized spacial score (nSPS) is 19.2. The molecule has 138 valence electrons. The summed E-state index contributed by atoms with van der Waals surface area (Å²) in [4.78, 5) is 32.6. The predicted molar refractivity (Wildman–Crippen MR) is 107 cm³/mol. The highest BCUT2D eigenvalue weighted by Gasteiger charge is 2.48. The lowest BCUT2D eigenvalue weighted by Gasteiger charge is -2.36. The third kappa shape index (κ3) is 2.98. The molecule has 3 aromatic rings. The molecular formula is C20H20N4O2S. The van der Waals surface area contributed by atoms with Crippen LogP contribution in [0.3, 0.4) is 0 Å². The number of carbonyl (C=O) groups is 2. The van der Waals surface area contributed by atoms with Gasteiger partial charge in [-0.25, -0.2) is 4.98 Å². The van der Waals surface area contributed by atoms with Gasteiger partial charge in [0.15, 0.2) is 4.75 Å². The second-order valence-corrected chi connectivity index (χ2v) is 8.11. The average Bonchev–Trinajstić information content (AvgIpc) is 3.09. The van der Waals surface area contributed by atoms with E-state index in [-0.39, 0.29) is 11.8 Å². The maximum atomic E-state index is 12.9. The van der Waals surface area contributed by atoms with E-state index in [0.717, 1.165) is 21.6 Å². The van der Waals surface area contributed by atoms with E-state index in [1.165, 1.54) is 11.8 Å². The van der Waals surface area contributed by atoms with Crippen LogP contribution in [-0.2, 0) is 16.1 Å². The lowest BCUT2D eigenvalue weighted by Crippen LogP contribution is -2.55. The van der Waals surface area contributed by atoms with Gasteiger partial charge in [0.25, 0.3) is 5.91 Å². The van der Waals surface area contributed by atoms with Crippen LogP contribution in [0.1, 0.15) is 6.92 Å². The molecule has 2 amide bonds. The largest absolute Gasteiger partial charge is 0.353 e. The molecule has 1 aromatic heterocycles. The van der Waals surface area contributed by atoms with Crippen LogP contribution in [0.2, 0.25) is 0 Å². The second kappa shape index (κ2) is 6.74. The smallest absolute Gasteiger partial charge is 0.252 e. The van der Waals surface area contributed by atoms with Crippen LogP contribution in [0, 0.1) is 0 Å². The van der Waals surface area contributed by atoms with Gasteiger partial charge in [-0.1, -0.05) is 36.0 Å². The number of nitrogens with zero attached hydrogens (tertiary/aromatic N) is 3. The molecule has 0 radical (unpaired) electrons. The number of rotatable bonds is 4. The number of hydrogen-bond donors (Lipinski definition) is 1. The minimum Gasteiger partial charge on any atom is -0.353 e. The van der Waals surface area contributed by atoms with Gasteiger partial charge in [0, 0.05) is 25.0 Å².